The third-order valence-electron chi connectivity index (χ3n) is 5.63. The number of nitrogens with zero attached hydrogens (tertiary/aromatic N) is 5. The van der Waals surface area contributed by atoms with Gasteiger partial charge in [-0.05, 0) is 56.7 Å². The molecule has 10 heteroatoms. The van der Waals surface area contributed by atoms with Gasteiger partial charge in [0.15, 0.2) is 11.0 Å². The van der Waals surface area contributed by atoms with Gasteiger partial charge in [-0.2, -0.15) is 5.26 Å². The highest BCUT2D eigenvalue weighted by Gasteiger charge is 2.22. The van der Waals surface area contributed by atoms with E-state index in [9.17, 15) is 14.4 Å². The van der Waals surface area contributed by atoms with E-state index in [1.807, 2.05) is 31.4 Å². The Balaban J connectivity index is 1.58. The average Bonchev–Trinajstić information content (AvgIpc) is 3.50. The minimum Gasteiger partial charge on any atom is -0.469 e. The maximum atomic E-state index is 13.5. The standard InChI is InChI=1S/C25H23FN6O2S/c1-5-11-31-24(20-10-12-34-17(20)4)29-30-25(31)35-14-22(33)28-23-21(13-27)15(2)16(3)32(23)19-8-6-18(26)7-9-19/h5-10,12H,1,11,14H2,2-4H3,(H,28,33). The molecule has 0 saturated carbocycles. The lowest BCUT2D eigenvalue weighted by Crippen LogP contribution is -2.18. The molecule has 0 spiro atoms. The van der Waals surface area contributed by atoms with E-state index < -0.39 is 0 Å². The van der Waals surface area contributed by atoms with Crippen LogP contribution in [0.5, 0.6) is 0 Å². The van der Waals surface area contributed by atoms with Gasteiger partial charge in [0.1, 0.15) is 23.5 Å². The Bertz CT molecular complexity index is 1440. The van der Waals surface area contributed by atoms with Crippen molar-refractivity contribution in [2.45, 2.75) is 32.5 Å². The summed E-state index contributed by atoms with van der Waals surface area (Å²) in [6.07, 6.45) is 3.32. The number of thioether (sulfide) groups is 1. The molecule has 178 valence electrons. The Morgan fingerprint density at radius 3 is 2.63 bits per heavy atom. The van der Waals surface area contributed by atoms with E-state index in [1.54, 1.807) is 29.0 Å². The number of carbonyl (C=O) groups excluding carboxylic acids is 1. The summed E-state index contributed by atoms with van der Waals surface area (Å²) in [5.74, 6) is 1.04. The smallest absolute Gasteiger partial charge is 0.236 e. The van der Waals surface area contributed by atoms with Crippen LogP contribution in [0, 0.1) is 37.9 Å². The van der Waals surface area contributed by atoms with Crippen molar-refractivity contribution in [2.24, 2.45) is 0 Å². The van der Waals surface area contributed by atoms with Gasteiger partial charge in [0.25, 0.3) is 0 Å². The normalized spacial score (nSPS) is 10.8. The lowest BCUT2D eigenvalue weighted by Gasteiger charge is -2.13. The van der Waals surface area contributed by atoms with E-state index in [2.05, 4.69) is 28.2 Å². The van der Waals surface area contributed by atoms with E-state index in [1.165, 1.54) is 23.9 Å². The number of nitriles is 1. The molecule has 3 heterocycles. The summed E-state index contributed by atoms with van der Waals surface area (Å²) >= 11 is 1.22. The lowest BCUT2D eigenvalue weighted by atomic mass is 10.2. The molecule has 0 aliphatic heterocycles. The zero-order valence-electron chi connectivity index (χ0n) is 19.5. The van der Waals surface area contributed by atoms with Crippen molar-refractivity contribution in [3.05, 3.63) is 77.6 Å². The quantitative estimate of drug-likeness (QED) is 0.270. The molecule has 1 aromatic carbocycles. The van der Waals surface area contributed by atoms with Gasteiger partial charge in [-0.15, -0.1) is 16.8 Å². The molecule has 0 fully saturated rings. The second kappa shape index (κ2) is 10.0. The van der Waals surface area contributed by atoms with Crippen LogP contribution in [0.2, 0.25) is 0 Å². The van der Waals surface area contributed by atoms with Crippen LogP contribution >= 0.6 is 11.8 Å². The number of furan rings is 1. The molecule has 0 unspecified atom stereocenters. The largest absolute Gasteiger partial charge is 0.469 e. The summed E-state index contributed by atoms with van der Waals surface area (Å²) in [5, 5.41) is 21.7. The van der Waals surface area contributed by atoms with Crippen LogP contribution < -0.4 is 5.32 Å². The molecule has 35 heavy (non-hydrogen) atoms. The Morgan fingerprint density at radius 2 is 2.00 bits per heavy atom. The number of aryl methyl sites for hydroxylation is 1. The number of allylic oxidation sites excluding steroid dienone is 1. The molecular formula is C25H23FN6O2S. The monoisotopic (exact) mass is 490 g/mol. The van der Waals surface area contributed by atoms with E-state index >= 15 is 0 Å². The van der Waals surface area contributed by atoms with Crippen molar-refractivity contribution in [1.82, 2.24) is 19.3 Å². The molecule has 0 saturated heterocycles. The van der Waals surface area contributed by atoms with Crippen molar-refractivity contribution in [3.63, 3.8) is 0 Å². The van der Waals surface area contributed by atoms with E-state index in [0.717, 1.165) is 16.8 Å². The first kappa shape index (κ1) is 24.0. The SMILES string of the molecule is C=CCn1c(SCC(=O)Nc2c(C#N)c(C)c(C)n2-c2ccc(F)cc2)nnc1-c1ccoc1C. The van der Waals surface area contributed by atoms with E-state index in [4.69, 9.17) is 4.42 Å². The fourth-order valence-corrected chi connectivity index (χ4v) is 4.53. The van der Waals surface area contributed by atoms with E-state index in [0.29, 0.717) is 40.4 Å². The van der Waals surface area contributed by atoms with Gasteiger partial charge in [-0.3, -0.25) is 13.9 Å². The summed E-state index contributed by atoms with van der Waals surface area (Å²) in [4.78, 5) is 13.0. The summed E-state index contributed by atoms with van der Waals surface area (Å²) in [5.41, 5.74) is 3.34. The maximum Gasteiger partial charge on any atom is 0.236 e. The number of hydrogen-bond donors (Lipinski definition) is 1. The van der Waals surface area contributed by atoms with Crippen LogP contribution in [0.1, 0.15) is 22.6 Å². The fourth-order valence-electron chi connectivity index (χ4n) is 3.78. The van der Waals surface area contributed by atoms with Crippen molar-refractivity contribution >= 4 is 23.5 Å². The lowest BCUT2D eigenvalue weighted by molar-refractivity contribution is -0.113. The Labute approximate surface area is 206 Å². The number of aromatic nitrogens is 4. The number of halogens is 1. The predicted octanol–water partition coefficient (Wildman–Crippen LogP) is 5.18. The Morgan fingerprint density at radius 1 is 1.26 bits per heavy atom. The van der Waals surface area contributed by atoms with E-state index in [-0.39, 0.29) is 17.5 Å². The van der Waals surface area contributed by atoms with Gasteiger partial charge < -0.3 is 9.73 Å². The van der Waals surface area contributed by atoms with Crippen LogP contribution in [0.3, 0.4) is 0 Å². The van der Waals surface area contributed by atoms with Crippen LogP contribution in [-0.4, -0.2) is 31.0 Å². The number of carbonyl (C=O) groups is 1. The maximum absolute atomic E-state index is 13.5. The minimum atomic E-state index is -0.369. The molecule has 0 radical (unpaired) electrons. The van der Waals surface area contributed by atoms with Gasteiger partial charge in [-0.25, -0.2) is 4.39 Å². The van der Waals surface area contributed by atoms with Gasteiger partial charge >= 0.3 is 0 Å². The van der Waals surface area contributed by atoms with Crippen molar-refractivity contribution in [3.8, 4) is 23.1 Å². The van der Waals surface area contributed by atoms with Gasteiger partial charge in [0, 0.05) is 17.9 Å². The minimum absolute atomic E-state index is 0.0389. The summed E-state index contributed by atoms with van der Waals surface area (Å²) in [6.45, 7) is 9.77. The van der Waals surface area contributed by atoms with Crippen LogP contribution in [-0.2, 0) is 11.3 Å². The average molecular weight is 491 g/mol. The van der Waals surface area contributed by atoms with Crippen molar-refractivity contribution < 1.29 is 13.6 Å². The number of benzene rings is 1. The molecule has 0 bridgehead atoms. The molecule has 4 rings (SSSR count). The highest BCUT2D eigenvalue weighted by molar-refractivity contribution is 7.99. The number of rotatable bonds is 8. The third-order valence-corrected chi connectivity index (χ3v) is 6.60. The predicted molar refractivity (Wildman–Crippen MR) is 132 cm³/mol. The summed E-state index contributed by atoms with van der Waals surface area (Å²) < 4.78 is 22.5. The number of hydrogen-bond acceptors (Lipinski definition) is 6. The number of nitrogens with one attached hydrogen (secondary N) is 1. The summed E-state index contributed by atoms with van der Waals surface area (Å²) in [7, 11) is 0. The molecule has 1 N–H and O–H groups in total. The summed E-state index contributed by atoms with van der Waals surface area (Å²) in [6, 6.07) is 9.87. The Hall–Kier alpha value is -4.10. The molecular weight excluding hydrogens is 467 g/mol. The van der Waals surface area contributed by atoms with Crippen molar-refractivity contribution in [2.75, 3.05) is 11.1 Å². The number of anilines is 1. The zero-order valence-corrected chi connectivity index (χ0v) is 20.3. The van der Waals surface area contributed by atoms with Crippen LogP contribution in [0.4, 0.5) is 10.2 Å². The number of amides is 1. The molecule has 3 aromatic heterocycles. The molecule has 0 aliphatic carbocycles. The first-order valence-electron chi connectivity index (χ1n) is 10.7. The molecule has 1 amide bonds. The fraction of sp³-hybridized carbons (Fsp3) is 0.200. The molecule has 0 atom stereocenters. The van der Waals surface area contributed by atoms with Gasteiger partial charge in [-0.1, -0.05) is 17.8 Å². The van der Waals surface area contributed by atoms with Crippen LogP contribution in [0.15, 0.2) is 58.8 Å². The topological polar surface area (TPSA) is 102 Å². The first-order chi connectivity index (χ1) is 16.8. The highest BCUT2D eigenvalue weighted by atomic mass is 32.2. The molecule has 8 nitrogen and oxygen atoms in total. The zero-order chi connectivity index (χ0) is 25.1. The van der Waals surface area contributed by atoms with Crippen LogP contribution in [0.25, 0.3) is 17.1 Å². The van der Waals surface area contributed by atoms with Crippen molar-refractivity contribution in [1.29, 1.82) is 5.26 Å². The molecule has 0 aliphatic rings. The second-order valence-corrected chi connectivity index (χ2v) is 8.73. The first-order valence-corrected chi connectivity index (χ1v) is 11.7. The van der Waals surface area contributed by atoms with Gasteiger partial charge in [0.05, 0.1) is 23.1 Å². The third kappa shape index (κ3) is 4.63. The highest BCUT2D eigenvalue weighted by Crippen LogP contribution is 2.31. The Kier molecular flexibility index (Phi) is 6.89. The van der Waals surface area contributed by atoms with Gasteiger partial charge in [0.2, 0.25) is 5.91 Å². The molecule has 4 aromatic rings. The second-order valence-electron chi connectivity index (χ2n) is 7.79.